The van der Waals surface area contributed by atoms with E-state index in [1.165, 1.54) is 19.1 Å². The standard InChI is InChI=1S/C25H30N4O8/c1-14(22(33)29-20(25(36)37)13-21(31)32)27-24(35)19(12-15-5-3-2-4-6-15)28-23(34)18(26)11-16-7-9-17(30)10-8-16/h2-10,14,18-20,30H,11-13,26H2,1H3,(H,27,35)(H,28,34)(H,29,33)(H,31,32)(H,36,37). The number of phenols is 1. The fraction of sp³-hybridized carbons (Fsp3) is 0.320. The lowest BCUT2D eigenvalue weighted by Crippen LogP contribution is -2.57. The van der Waals surface area contributed by atoms with Gasteiger partial charge in [-0.25, -0.2) is 4.79 Å². The van der Waals surface area contributed by atoms with Gasteiger partial charge < -0.3 is 37.0 Å². The van der Waals surface area contributed by atoms with Gasteiger partial charge in [0.2, 0.25) is 17.7 Å². The van der Waals surface area contributed by atoms with Crippen molar-refractivity contribution in [3.05, 3.63) is 65.7 Å². The third-order valence-corrected chi connectivity index (χ3v) is 5.39. The van der Waals surface area contributed by atoms with Gasteiger partial charge in [0, 0.05) is 6.42 Å². The zero-order chi connectivity index (χ0) is 27.5. The number of carboxylic acid groups (broad SMARTS) is 2. The van der Waals surface area contributed by atoms with Crippen LogP contribution in [0.2, 0.25) is 0 Å². The topological polar surface area (TPSA) is 208 Å². The molecule has 37 heavy (non-hydrogen) atoms. The molecule has 0 heterocycles. The highest BCUT2D eigenvalue weighted by molar-refractivity contribution is 5.94. The molecule has 12 heteroatoms. The van der Waals surface area contributed by atoms with E-state index in [0.717, 1.165) is 5.56 Å². The van der Waals surface area contributed by atoms with Gasteiger partial charge in [-0.1, -0.05) is 42.5 Å². The van der Waals surface area contributed by atoms with E-state index in [1.54, 1.807) is 42.5 Å². The molecule has 2 rings (SSSR count). The highest BCUT2D eigenvalue weighted by Crippen LogP contribution is 2.11. The molecule has 0 aliphatic rings. The van der Waals surface area contributed by atoms with E-state index in [-0.39, 0.29) is 18.6 Å². The molecule has 2 aromatic carbocycles. The fourth-order valence-electron chi connectivity index (χ4n) is 3.37. The first-order valence-corrected chi connectivity index (χ1v) is 11.4. The average molecular weight is 515 g/mol. The number of phenolic OH excluding ortho intramolecular Hbond substituents is 1. The molecule has 0 aliphatic carbocycles. The zero-order valence-electron chi connectivity index (χ0n) is 20.1. The number of carboxylic acids is 2. The summed E-state index contributed by atoms with van der Waals surface area (Å²) < 4.78 is 0. The lowest BCUT2D eigenvalue weighted by atomic mass is 10.0. The minimum Gasteiger partial charge on any atom is -0.508 e. The van der Waals surface area contributed by atoms with Crippen molar-refractivity contribution in [2.24, 2.45) is 5.73 Å². The van der Waals surface area contributed by atoms with Crippen LogP contribution < -0.4 is 21.7 Å². The summed E-state index contributed by atoms with van der Waals surface area (Å²) in [6.45, 7) is 1.30. The minimum atomic E-state index is -1.68. The number of aromatic hydroxyl groups is 1. The molecule has 0 bridgehead atoms. The molecule has 2 aromatic rings. The largest absolute Gasteiger partial charge is 0.508 e. The molecule has 0 fully saturated rings. The Kier molecular flexibility index (Phi) is 10.6. The van der Waals surface area contributed by atoms with Crippen LogP contribution in [0.3, 0.4) is 0 Å². The first kappa shape index (κ1) is 28.8. The van der Waals surface area contributed by atoms with Crippen molar-refractivity contribution in [3.63, 3.8) is 0 Å². The second-order valence-corrected chi connectivity index (χ2v) is 8.46. The number of hydrogen-bond acceptors (Lipinski definition) is 7. The van der Waals surface area contributed by atoms with Crippen molar-refractivity contribution in [1.82, 2.24) is 16.0 Å². The van der Waals surface area contributed by atoms with Gasteiger partial charge in [0.05, 0.1) is 12.5 Å². The predicted octanol–water partition coefficient (Wildman–Crippen LogP) is -0.462. The van der Waals surface area contributed by atoms with Crippen LogP contribution in [-0.4, -0.2) is 69.1 Å². The maximum atomic E-state index is 13.0. The number of rotatable bonds is 13. The van der Waals surface area contributed by atoms with Crippen molar-refractivity contribution in [2.45, 2.75) is 50.4 Å². The van der Waals surface area contributed by atoms with Crippen LogP contribution in [0, 0.1) is 0 Å². The second kappa shape index (κ2) is 13.6. The molecule has 198 valence electrons. The maximum Gasteiger partial charge on any atom is 0.326 e. The number of nitrogens with two attached hydrogens (primary N) is 1. The molecule has 0 radical (unpaired) electrons. The summed E-state index contributed by atoms with van der Waals surface area (Å²) in [6, 6.07) is 9.92. The highest BCUT2D eigenvalue weighted by Gasteiger charge is 2.29. The summed E-state index contributed by atoms with van der Waals surface area (Å²) in [5, 5.41) is 34.5. The van der Waals surface area contributed by atoms with E-state index >= 15 is 0 Å². The second-order valence-electron chi connectivity index (χ2n) is 8.46. The molecule has 0 saturated heterocycles. The van der Waals surface area contributed by atoms with Crippen LogP contribution in [0.25, 0.3) is 0 Å². The number of amides is 3. The van der Waals surface area contributed by atoms with Crippen molar-refractivity contribution >= 4 is 29.7 Å². The Balaban J connectivity index is 2.09. The van der Waals surface area contributed by atoms with Gasteiger partial charge in [0.1, 0.15) is 23.9 Å². The number of nitrogens with one attached hydrogen (secondary N) is 3. The van der Waals surface area contributed by atoms with Crippen LogP contribution in [-0.2, 0) is 36.8 Å². The van der Waals surface area contributed by atoms with E-state index in [2.05, 4.69) is 16.0 Å². The van der Waals surface area contributed by atoms with Crippen molar-refractivity contribution in [1.29, 1.82) is 0 Å². The Labute approximate surface area is 212 Å². The molecule has 4 unspecified atom stereocenters. The number of hydrogen-bond donors (Lipinski definition) is 7. The predicted molar refractivity (Wildman–Crippen MR) is 131 cm³/mol. The van der Waals surface area contributed by atoms with Gasteiger partial charge in [-0.2, -0.15) is 0 Å². The molecule has 0 saturated carbocycles. The van der Waals surface area contributed by atoms with Crippen molar-refractivity contribution < 1.29 is 39.3 Å². The van der Waals surface area contributed by atoms with Gasteiger partial charge >= 0.3 is 11.9 Å². The van der Waals surface area contributed by atoms with E-state index in [1.807, 2.05) is 0 Å². The third-order valence-electron chi connectivity index (χ3n) is 5.39. The van der Waals surface area contributed by atoms with Gasteiger partial charge in [-0.15, -0.1) is 0 Å². The molecular weight excluding hydrogens is 484 g/mol. The Hall–Kier alpha value is -4.45. The van der Waals surface area contributed by atoms with Gasteiger partial charge in [0.15, 0.2) is 0 Å². The van der Waals surface area contributed by atoms with Gasteiger partial charge in [0.25, 0.3) is 0 Å². The first-order valence-electron chi connectivity index (χ1n) is 11.4. The van der Waals surface area contributed by atoms with Gasteiger partial charge in [-0.05, 0) is 36.6 Å². The van der Waals surface area contributed by atoms with E-state index in [4.69, 9.17) is 15.9 Å². The van der Waals surface area contributed by atoms with E-state index < -0.39 is 60.2 Å². The monoisotopic (exact) mass is 514 g/mol. The van der Waals surface area contributed by atoms with E-state index in [9.17, 15) is 29.1 Å². The molecule has 4 atom stereocenters. The normalized spacial score (nSPS) is 13.9. The van der Waals surface area contributed by atoms with Crippen LogP contribution >= 0.6 is 0 Å². The lowest BCUT2D eigenvalue weighted by Gasteiger charge is -2.23. The van der Waals surface area contributed by atoms with E-state index in [0.29, 0.717) is 5.56 Å². The summed E-state index contributed by atoms with van der Waals surface area (Å²) in [7, 11) is 0. The van der Waals surface area contributed by atoms with Crippen LogP contribution in [0.4, 0.5) is 0 Å². The summed E-state index contributed by atoms with van der Waals surface area (Å²) in [4.78, 5) is 60.3. The number of carbonyl (C=O) groups is 5. The maximum absolute atomic E-state index is 13.0. The molecular formula is C25H30N4O8. The number of aliphatic carboxylic acids is 2. The highest BCUT2D eigenvalue weighted by atomic mass is 16.4. The molecule has 12 nitrogen and oxygen atoms in total. The molecule has 0 aliphatic heterocycles. The van der Waals surface area contributed by atoms with Crippen LogP contribution in [0.1, 0.15) is 24.5 Å². The summed E-state index contributed by atoms with van der Waals surface area (Å²) in [5.74, 6) is -5.13. The quantitative estimate of drug-likeness (QED) is 0.184. The van der Waals surface area contributed by atoms with Crippen molar-refractivity contribution in [3.8, 4) is 5.75 Å². The molecule has 0 aromatic heterocycles. The molecule has 3 amide bonds. The minimum absolute atomic E-state index is 0.0668. The Morgan fingerprint density at radius 3 is 1.89 bits per heavy atom. The van der Waals surface area contributed by atoms with Crippen LogP contribution in [0.15, 0.2) is 54.6 Å². The number of carbonyl (C=O) groups excluding carboxylic acids is 3. The van der Waals surface area contributed by atoms with Crippen molar-refractivity contribution in [2.75, 3.05) is 0 Å². The first-order chi connectivity index (χ1) is 17.5. The van der Waals surface area contributed by atoms with Gasteiger partial charge in [-0.3, -0.25) is 19.2 Å². The molecule has 0 spiro atoms. The Bertz CT molecular complexity index is 1110. The fourth-order valence-corrected chi connectivity index (χ4v) is 3.37. The zero-order valence-corrected chi connectivity index (χ0v) is 20.1. The summed E-state index contributed by atoms with van der Waals surface area (Å²) in [6.07, 6.45) is -0.618. The average Bonchev–Trinajstić information content (AvgIpc) is 2.84. The SMILES string of the molecule is CC(NC(=O)C(Cc1ccccc1)NC(=O)C(N)Cc1ccc(O)cc1)C(=O)NC(CC(=O)O)C(=O)O. The number of benzene rings is 2. The Morgan fingerprint density at radius 2 is 1.32 bits per heavy atom. The summed E-state index contributed by atoms with van der Waals surface area (Å²) >= 11 is 0. The Morgan fingerprint density at radius 1 is 0.757 bits per heavy atom. The lowest BCUT2D eigenvalue weighted by molar-refractivity contribution is -0.147. The molecule has 8 N–H and O–H groups in total. The third kappa shape index (κ3) is 9.61. The van der Waals surface area contributed by atoms with Crippen LogP contribution in [0.5, 0.6) is 5.75 Å². The summed E-state index contributed by atoms with van der Waals surface area (Å²) in [5.41, 5.74) is 7.45. The smallest absolute Gasteiger partial charge is 0.326 e.